The monoisotopic (exact) mass is 610 g/mol. The Morgan fingerprint density at radius 1 is 0.791 bits per heavy atom. The van der Waals surface area contributed by atoms with Crippen molar-refractivity contribution in [1.29, 1.82) is 0 Å². The van der Waals surface area contributed by atoms with Crippen molar-refractivity contribution in [2.45, 2.75) is 68.3 Å². The molecule has 2 fully saturated rings. The van der Waals surface area contributed by atoms with E-state index >= 15 is 0 Å². The van der Waals surface area contributed by atoms with Crippen LogP contribution in [0.1, 0.15) is 6.92 Å². The maximum Gasteiger partial charge on any atom is 0.239 e. The van der Waals surface area contributed by atoms with Gasteiger partial charge in [-0.25, -0.2) is 0 Å². The Bertz CT molecular complexity index is 1520. The average Bonchev–Trinajstić information content (AvgIpc) is 2.98. The van der Waals surface area contributed by atoms with E-state index in [-0.39, 0.29) is 11.3 Å². The van der Waals surface area contributed by atoms with E-state index in [9.17, 15) is 55.9 Å². The summed E-state index contributed by atoms with van der Waals surface area (Å²) >= 11 is 0. The van der Waals surface area contributed by atoms with Crippen LogP contribution in [0.2, 0.25) is 0 Å². The molecule has 16 heteroatoms. The van der Waals surface area contributed by atoms with Crippen LogP contribution in [0.15, 0.2) is 39.5 Å². The third kappa shape index (κ3) is 5.44. The highest BCUT2D eigenvalue weighted by atomic mass is 16.7. The van der Waals surface area contributed by atoms with Crippen molar-refractivity contribution in [1.82, 2.24) is 0 Å². The molecule has 0 radical (unpaired) electrons. The van der Waals surface area contributed by atoms with E-state index in [1.165, 1.54) is 31.2 Å². The van der Waals surface area contributed by atoms with Gasteiger partial charge in [0.2, 0.25) is 29.5 Å². The van der Waals surface area contributed by atoms with Gasteiger partial charge in [0.25, 0.3) is 0 Å². The number of aliphatic hydroxyl groups is 7. The molecule has 1 aromatic heterocycles. The Labute approximate surface area is 241 Å². The van der Waals surface area contributed by atoms with Gasteiger partial charge in [-0.05, 0) is 31.2 Å². The number of ether oxygens (including phenoxy) is 4. The zero-order valence-corrected chi connectivity index (χ0v) is 22.3. The van der Waals surface area contributed by atoms with E-state index in [2.05, 4.69) is 0 Å². The Morgan fingerprint density at radius 3 is 2.02 bits per heavy atom. The minimum Gasteiger partial charge on any atom is -0.508 e. The van der Waals surface area contributed by atoms with Crippen LogP contribution in [0.4, 0.5) is 0 Å². The quantitative estimate of drug-likeness (QED) is 0.135. The molecule has 0 saturated carbocycles. The molecule has 2 aliphatic rings. The summed E-state index contributed by atoms with van der Waals surface area (Å²) in [6.45, 7) is 0.612. The number of rotatable bonds is 6. The van der Waals surface area contributed by atoms with Crippen molar-refractivity contribution in [3.8, 4) is 40.1 Å². The Hall–Kier alpha value is -3.71. The first-order valence-electron chi connectivity index (χ1n) is 13.0. The molecule has 2 aromatic carbocycles. The van der Waals surface area contributed by atoms with Gasteiger partial charge in [-0.3, -0.25) is 4.79 Å². The molecule has 234 valence electrons. The van der Waals surface area contributed by atoms with Gasteiger partial charge < -0.3 is 74.4 Å². The highest BCUT2D eigenvalue weighted by molar-refractivity contribution is 5.93. The summed E-state index contributed by atoms with van der Waals surface area (Å²) in [5.41, 5.74) is -1.66. The minimum atomic E-state index is -1.92. The van der Waals surface area contributed by atoms with Crippen LogP contribution >= 0.6 is 0 Å². The second kappa shape index (κ2) is 11.8. The lowest BCUT2D eigenvalue weighted by Gasteiger charge is -2.39. The number of aliphatic hydroxyl groups excluding tert-OH is 7. The third-order valence-corrected chi connectivity index (χ3v) is 7.31. The number of fused-ring (bicyclic) bond motifs is 1. The molecule has 10 atom stereocenters. The summed E-state index contributed by atoms with van der Waals surface area (Å²) in [6, 6.07) is 5.87. The fraction of sp³-hybridized carbons (Fsp3) is 0.444. The largest absolute Gasteiger partial charge is 0.508 e. The maximum atomic E-state index is 13.7. The summed E-state index contributed by atoms with van der Waals surface area (Å²) in [5, 5.41) is 102. The molecule has 16 nitrogen and oxygen atoms in total. The summed E-state index contributed by atoms with van der Waals surface area (Å²) in [6.07, 6.45) is -16.2. The number of phenolic OH excluding ortho intramolecular Hbond substituents is 3. The van der Waals surface area contributed by atoms with E-state index in [4.69, 9.17) is 23.4 Å². The lowest BCUT2D eigenvalue weighted by molar-refractivity contribution is -0.277. The van der Waals surface area contributed by atoms with Crippen molar-refractivity contribution in [2.24, 2.45) is 0 Å². The number of aromatic hydroxyl groups is 3. The number of hydrogen-bond donors (Lipinski definition) is 10. The second-order valence-corrected chi connectivity index (χ2v) is 10.2. The third-order valence-electron chi connectivity index (χ3n) is 7.31. The molecule has 0 amide bonds. The molecule has 43 heavy (non-hydrogen) atoms. The van der Waals surface area contributed by atoms with Crippen LogP contribution in [-0.4, -0.2) is 119 Å². The topological polar surface area (TPSA) is 269 Å². The van der Waals surface area contributed by atoms with E-state index in [0.29, 0.717) is 0 Å². The standard InChI is InChI=1S/C27H30O16/c1-8-15(31)19(35)21(37)26(39-8)40-12-6-11(30)14-18(34)25(43-27-22(38)20(36)16(32)13(7-28)41-27)23(42-24(14)17(12)33)9-2-4-10(29)5-3-9/h2-6,8,13,15-16,19-22,26-33,35-38H,7H2,1H3. The lowest BCUT2D eigenvalue weighted by atomic mass is 9.99. The van der Waals surface area contributed by atoms with Crippen molar-refractivity contribution < 1.29 is 74.4 Å². The molecule has 2 aliphatic heterocycles. The van der Waals surface area contributed by atoms with Gasteiger partial charge in [0, 0.05) is 11.6 Å². The van der Waals surface area contributed by atoms with Crippen LogP contribution in [0, 0.1) is 0 Å². The van der Waals surface area contributed by atoms with Gasteiger partial charge in [0.15, 0.2) is 17.1 Å². The second-order valence-electron chi connectivity index (χ2n) is 10.2. The minimum absolute atomic E-state index is 0.0820. The van der Waals surface area contributed by atoms with Gasteiger partial charge in [0.1, 0.15) is 59.6 Å². The fourth-order valence-electron chi connectivity index (χ4n) is 4.81. The van der Waals surface area contributed by atoms with Crippen molar-refractivity contribution in [3.63, 3.8) is 0 Å². The normalized spacial score (nSPS) is 32.9. The van der Waals surface area contributed by atoms with Crippen LogP contribution in [-0.2, 0) is 9.47 Å². The van der Waals surface area contributed by atoms with Gasteiger partial charge in [0.05, 0.1) is 12.7 Å². The van der Waals surface area contributed by atoms with Gasteiger partial charge in [-0.2, -0.15) is 0 Å². The molecule has 10 unspecified atom stereocenters. The van der Waals surface area contributed by atoms with Crippen LogP contribution in [0.5, 0.6) is 28.7 Å². The SMILES string of the molecule is CC1OC(Oc2cc(O)c3c(=O)c(OC4OC(CO)C(O)C(O)C4O)c(-c4ccc(O)cc4)oc3c2O)C(O)C(O)C1O. The Balaban J connectivity index is 1.63. The first kappa shape index (κ1) is 30.7. The zero-order valence-electron chi connectivity index (χ0n) is 22.3. The molecule has 0 bridgehead atoms. The number of phenols is 3. The molecule has 2 saturated heterocycles. The fourth-order valence-corrected chi connectivity index (χ4v) is 4.81. The van der Waals surface area contributed by atoms with E-state index < -0.39 is 113 Å². The maximum absolute atomic E-state index is 13.7. The van der Waals surface area contributed by atoms with Crippen molar-refractivity contribution >= 4 is 11.0 Å². The zero-order chi connectivity index (χ0) is 31.3. The van der Waals surface area contributed by atoms with E-state index in [0.717, 1.165) is 6.07 Å². The predicted octanol–water partition coefficient (Wildman–Crippen LogP) is -2.04. The highest BCUT2D eigenvalue weighted by Gasteiger charge is 2.46. The van der Waals surface area contributed by atoms with Crippen LogP contribution in [0.3, 0.4) is 0 Å². The van der Waals surface area contributed by atoms with Crippen LogP contribution in [0.25, 0.3) is 22.3 Å². The molecule has 3 aromatic rings. The van der Waals surface area contributed by atoms with Gasteiger partial charge >= 0.3 is 0 Å². The smallest absolute Gasteiger partial charge is 0.239 e. The first-order chi connectivity index (χ1) is 20.3. The molecule has 0 aliphatic carbocycles. The first-order valence-corrected chi connectivity index (χ1v) is 13.0. The number of hydrogen-bond acceptors (Lipinski definition) is 16. The summed E-state index contributed by atoms with van der Waals surface area (Å²) in [7, 11) is 0. The molecule has 0 spiro atoms. The summed E-state index contributed by atoms with van der Waals surface area (Å²) in [4.78, 5) is 13.7. The highest BCUT2D eigenvalue weighted by Crippen LogP contribution is 2.44. The van der Waals surface area contributed by atoms with Crippen molar-refractivity contribution in [2.75, 3.05) is 6.61 Å². The predicted molar refractivity (Wildman–Crippen MR) is 140 cm³/mol. The Kier molecular flexibility index (Phi) is 8.41. The average molecular weight is 611 g/mol. The van der Waals surface area contributed by atoms with Crippen LogP contribution < -0.4 is 14.9 Å². The van der Waals surface area contributed by atoms with E-state index in [1.54, 1.807) is 0 Å². The number of benzene rings is 2. The lowest BCUT2D eigenvalue weighted by Crippen LogP contribution is -2.60. The van der Waals surface area contributed by atoms with Gasteiger partial charge in [-0.15, -0.1) is 0 Å². The molecule has 10 N–H and O–H groups in total. The van der Waals surface area contributed by atoms with E-state index in [1.807, 2.05) is 0 Å². The molecular formula is C27H30O16. The molecule has 3 heterocycles. The molecular weight excluding hydrogens is 580 g/mol. The Morgan fingerprint density at radius 2 is 1.40 bits per heavy atom. The van der Waals surface area contributed by atoms with Gasteiger partial charge in [-0.1, -0.05) is 0 Å². The summed E-state index contributed by atoms with van der Waals surface area (Å²) in [5.74, 6) is -3.48. The summed E-state index contributed by atoms with van der Waals surface area (Å²) < 4.78 is 27.6. The molecule has 5 rings (SSSR count). The van der Waals surface area contributed by atoms with Crippen molar-refractivity contribution in [3.05, 3.63) is 40.6 Å².